The number of rotatable bonds is 9. The fourth-order valence-corrected chi connectivity index (χ4v) is 2.01. The van der Waals surface area contributed by atoms with E-state index in [1.54, 1.807) is 7.11 Å². The van der Waals surface area contributed by atoms with Crippen molar-refractivity contribution in [2.24, 2.45) is 5.73 Å². The Kier molecular flexibility index (Phi) is 6.84. The van der Waals surface area contributed by atoms with Crippen LogP contribution >= 0.6 is 0 Å². The Hall–Kier alpha value is -1.10. The van der Waals surface area contributed by atoms with Gasteiger partial charge in [-0.25, -0.2) is 0 Å². The first-order valence-electron chi connectivity index (χ1n) is 6.81. The highest BCUT2D eigenvalue weighted by molar-refractivity contribution is 5.31. The maximum Gasteiger partial charge on any atom is 0.119 e. The van der Waals surface area contributed by atoms with Gasteiger partial charge in [-0.15, -0.1) is 0 Å². The second-order valence-corrected chi connectivity index (χ2v) is 4.73. The molecule has 1 unspecified atom stereocenters. The van der Waals surface area contributed by atoms with Crippen LogP contribution in [0.5, 0.6) is 5.75 Å². The first-order valence-corrected chi connectivity index (χ1v) is 6.81. The molecule has 0 saturated carbocycles. The number of ether oxygens (including phenoxy) is 2. The van der Waals surface area contributed by atoms with Gasteiger partial charge >= 0.3 is 0 Å². The van der Waals surface area contributed by atoms with Crippen molar-refractivity contribution in [3.63, 3.8) is 0 Å². The standard InChI is InChI=1S/C15H25NO3/c1-3-11-19-14-7-5-13(6-8-14)15(17,12-18-2)9-4-10-16/h5-8,17H,3-4,9-12,16H2,1-2H3. The van der Waals surface area contributed by atoms with Crippen molar-refractivity contribution in [2.45, 2.75) is 31.8 Å². The molecule has 4 heteroatoms. The molecule has 1 rings (SSSR count). The third-order valence-electron chi connectivity index (χ3n) is 3.04. The van der Waals surface area contributed by atoms with E-state index < -0.39 is 5.60 Å². The van der Waals surface area contributed by atoms with Crippen molar-refractivity contribution in [1.29, 1.82) is 0 Å². The summed E-state index contributed by atoms with van der Waals surface area (Å²) in [5.41, 5.74) is 5.38. The average molecular weight is 267 g/mol. The highest BCUT2D eigenvalue weighted by Gasteiger charge is 2.28. The van der Waals surface area contributed by atoms with E-state index in [4.69, 9.17) is 15.2 Å². The third kappa shape index (κ3) is 4.82. The largest absolute Gasteiger partial charge is 0.494 e. The maximum absolute atomic E-state index is 10.7. The van der Waals surface area contributed by atoms with Gasteiger partial charge in [0.15, 0.2) is 0 Å². The Morgan fingerprint density at radius 2 is 1.95 bits per heavy atom. The molecule has 0 saturated heterocycles. The molecule has 0 bridgehead atoms. The van der Waals surface area contributed by atoms with Crippen LogP contribution in [-0.2, 0) is 10.3 Å². The van der Waals surface area contributed by atoms with Gasteiger partial charge in [-0.05, 0) is 43.5 Å². The van der Waals surface area contributed by atoms with Gasteiger partial charge in [0, 0.05) is 7.11 Å². The Balaban J connectivity index is 2.78. The fourth-order valence-electron chi connectivity index (χ4n) is 2.01. The highest BCUT2D eigenvalue weighted by Crippen LogP contribution is 2.28. The quantitative estimate of drug-likeness (QED) is 0.718. The molecular formula is C15H25NO3. The molecule has 0 aromatic heterocycles. The van der Waals surface area contributed by atoms with Gasteiger partial charge in [0.05, 0.1) is 13.2 Å². The molecule has 3 N–H and O–H groups in total. The molecule has 0 aliphatic rings. The van der Waals surface area contributed by atoms with Crippen LogP contribution in [0.1, 0.15) is 31.7 Å². The first kappa shape index (κ1) is 16.0. The second-order valence-electron chi connectivity index (χ2n) is 4.73. The van der Waals surface area contributed by atoms with Gasteiger partial charge < -0.3 is 20.3 Å². The zero-order chi connectivity index (χ0) is 14.1. The van der Waals surface area contributed by atoms with Crippen molar-refractivity contribution < 1.29 is 14.6 Å². The van der Waals surface area contributed by atoms with E-state index in [0.29, 0.717) is 19.6 Å². The topological polar surface area (TPSA) is 64.7 Å². The predicted octanol–water partition coefficient (Wildman–Crippen LogP) is 2.05. The molecule has 4 nitrogen and oxygen atoms in total. The lowest BCUT2D eigenvalue weighted by molar-refractivity contribution is -0.0430. The summed E-state index contributed by atoms with van der Waals surface area (Å²) in [6.45, 7) is 3.60. The highest BCUT2D eigenvalue weighted by atomic mass is 16.5. The van der Waals surface area contributed by atoms with Crippen LogP contribution < -0.4 is 10.5 Å². The number of aliphatic hydroxyl groups is 1. The summed E-state index contributed by atoms with van der Waals surface area (Å²) in [7, 11) is 1.59. The fraction of sp³-hybridized carbons (Fsp3) is 0.600. The minimum Gasteiger partial charge on any atom is -0.494 e. The third-order valence-corrected chi connectivity index (χ3v) is 3.04. The van der Waals surface area contributed by atoms with Crippen LogP contribution in [0.15, 0.2) is 24.3 Å². The van der Waals surface area contributed by atoms with Crippen molar-refractivity contribution in [3.8, 4) is 5.75 Å². The van der Waals surface area contributed by atoms with E-state index in [2.05, 4.69) is 6.92 Å². The smallest absolute Gasteiger partial charge is 0.119 e. The van der Waals surface area contributed by atoms with Crippen LogP contribution in [0, 0.1) is 0 Å². The summed E-state index contributed by atoms with van der Waals surface area (Å²) in [5.74, 6) is 0.823. The molecule has 0 heterocycles. The number of methoxy groups -OCH3 is 1. The number of hydrogen-bond donors (Lipinski definition) is 2. The first-order chi connectivity index (χ1) is 9.16. The van der Waals surface area contributed by atoms with Crippen molar-refractivity contribution in [2.75, 3.05) is 26.9 Å². The molecule has 0 spiro atoms. The van der Waals surface area contributed by atoms with Gasteiger partial charge in [-0.2, -0.15) is 0 Å². The van der Waals surface area contributed by atoms with Crippen molar-refractivity contribution in [3.05, 3.63) is 29.8 Å². The lowest BCUT2D eigenvalue weighted by Gasteiger charge is -2.28. The van der Waals surface area contributed by atoms with E-state index in [0.717, 1.165) is 24.2 Å². The number of hydrogen-bond acceptors (Lipinski definition) is 4. The molecular weight excluding hydrogens is 242 g/mol. The molecule has 19 heavy (non-hydrogen) atoms. The Bertz CT molecular complexity index is 353. The maximum atomic E-state index is 10.7. The van der Waals surface area contributed by atoms with E-state index in [1.807, 2.05) is 24.3 Å². The summed E-state index contributed by atoms with van der Waals surface area (Å²) in [4.78, 5) is 0. The normalized spacial score (nSPS) is 14.1. The molecule has 0 fully saturated rings. The predicted molar refractivity (Wildman–Crippen MR) is 76.3 cm³/mol. The summed E-state index contributed by atoms with van der Waals surface area (Å²) < 4.78 is 10.7. The number of benzene rings is 1. The zero-order valence-corrected chi connectivity index (χ0v) is 11.9. The van der Waals surface area contributed by atoms with Gasteiger partial charge in [0.1, 0.15) is 11.4 Å². The molecule has 1 atom stereocenters. The van der Waals surface area contributed by atoms with Gasteiger partial charge in [0.25, 0.3) is 0 Å². The van der Waals surface area contributed by atoms with Gasteiger partial charge in [0.2, 0.25) is 0 Å². The number of nitrogens with two attached hydrogens (primary N) is 1. The van der Waals surface area contributed by atoms with Gasteiger partial charge in [-0.3, -0.25) is 0 Å². The van der Waals surface area contributed by atoms with E-state index in [-0.39, 0.29) is 6.61 Å². The van der Waals surface area contributed by atoms with E-state index in [1.165, 1.54) is 0 Å². The molecule has 1 aromatic rings. The molecule has 0 amide bonds. The lowest BCUT2D eigenvalue weighted by atomic mass is 9.90. The zero-order valence-electron chi connectivity index (χ0n) is 11.9. The summed E-state index contributed by atoms with van der Waals surface area (Å²) in [6.07, 6.45) is 2.33. The van der Waals surface area contributed by atoms with E-state index in [9.17, 15) is 5.11 Å². The minimum absolute atomic E-state index is 0.266. The van der Waals surface area contributed by atoms with Gasteiger partial charge in [-0.1, -0.05) is 19.1 Å². The minimum atomic E-state index is -0.975. The summed E-state index contributed by atoms with van der Waals surface area (Å²) >= 11 is 0. The van der Waals surface area contributed by atoms with Crippen LogP contribution in [-0.4, -0.2) is 32.0 Å². The van der Waals surface area contributed by atoms with Crippen LogP contribution in [0.3, 0.4) is 0 Å². The summed E-state index contributed by atoms with van der Waals surface area (Å²) in [5, 5.41) is 10.7. The van der Waals surface area contributed by atoms with E-state index >= 15 is 0 Å². The molecule has 0 aliphatic carbocycles. The molecule has 108 valence electrons. The van der Waals surface area contributed by atoms with Crippen LogP contribution in [0.2, 0.25) is 0 Å². The SMILES string of the molecule is CCCOc1ccc(C(O)(CCCN)COC)cc1. The average Bonchev–Trinajstić information content (AvgIpc) is 2.44. The Morgan fingerprint density at radius 1 is 1.26 bits per heavy atom. The Morgan fingerprint density at radius 3 is 2.47 bits per heavy atom. The Labute approximate surface area is 115 Å². The van der Waals surface area contributed by atoms with Crippen molar-refractivity contribution >= 4 is 0 Å². The molecule has 0 aliphatic heterocycles. The lowest BCUT2D eigenvalue weighted by Crippen LogP contribution is -2.32. The van der Waals surface area contributed by atoms with Crippen LogP contribution in [0.25, 0.3) is 0 Å². The molecule has 0 radical (unpaired) electrons. The second kappa shape index (κ2) is 8.15. The molecule has 1 aromatic carbocycles. The monoisotopic (exact) mass is 267 g/mol. The summed E-state index contributed by atoms with van der Waals surface area (Å²) in [6, 6.07) is 7.54. The van der Waals surface area contributed by atoms with Crippen LogP contribution in [0.4, 0.5) is 0 Å². The van der Waals surface area contributed by atoms with Crippen molar-refractivity contribution in [1.82, 2.24) is 0 Å².